The monoisotopic (exact) mass is 266 g/mol. The van der Waals surface area contributed by atoms with Gasteiger partial charge in [0, 0.05) is 6.42 Å². The van der Waals surface area contributed by atoms with E-state index in [4.69, 9.17) is 5.11 Å². The highest BCUT2D eigenvalue weighted by molar-refractivity contribution is 5.66. The summed E-state index contributed by atoms with van der Waals surface area (Å²) in [4.78, 5) is 10.3. The molecule has 0 atom stereocenters. The van der Waals surface area contributed by atoms with Crippen molar-refractivity contribution in [3.63, 3.8) is 0 Å². The van der Waals surface area contributed by atoms with Crippen molar-refractivity contribution in [1.82, 2.24) is 0 Å². The second kappa shape index (κ2) is 15.0. The molecule has 0 aromatic rings. The Kier molecular flexibility index (Phi) is 14.2. The van der Waals surface area contributed by atoms with Crippen LogP contribution in [0.4, 0.5) is 0 Å². The molecular formula is C17H30O2. The summed E-state index contributed by atoms with van der Waals surface area (Å²) < 4.78 is 0. The van der Waals surface area contributed by atoms with Crippen LogP contribution in [0, 0.1) is 0 Å². The van der Waals surface area contributed by atoms with E-state index in [0.29, 0.717) is 6.42 Å². The van der Waals surface area contributed by atoms with E-state index in [1.807, 2.05) is 0 Å². The van der Waals surface area contributed by atoms with Crippen LogP contribution in [0.2, 0.25) is 0 Å². The second-order valence-electron chi connectivity index (χ2n) is 5.02. The van der Waals surface area contributed by atoms with Gasteiger partial charge < -0.3 is 5.11 Å². The minimum atomic E-state index is -0.689. The highest BCUT2D eigenvalue weighted by atomic mass is 16.4. The minimum Gasteiger partial charge on any atom is -0.481 e. The van der Waals surface area contributed by atoms with E-state index in [9.17, 15) is 4.79 Å². The lowest BCUT2D eigenvalue weighted by molar-refractivity contribution is -0.137. The van der Waals surface area contributed by atoms with E-state index >= 15 is 0 Å². The molecule has 19 heavy (non-hydrogen) atoms. The first-order chi connectivity index (χ1) is 9.27. The second-order valence-corrected chi connectivity index (χ2v) is 5.02. The Morgan fingerprint density at radius 2 is 1.42 bits per heavy atom. The Morgan fingerprint density at radius 3 is 2.00 bits per heavy atom. The van der Waals surface area contributed by atoms with Crippen molar-refractivity contribution in [2.24, 2.45) is 0 Å². The van der Waals surface area contributed by atoms with Crippen molar-refractivity contribution >= 4 is 5.97 Å². The first-order valence-electron chi connectivity index (χ1n) is 7.79. The fraction of sp³-hybridized carbons (Fsp3) is 0.706. The normalized spacial score (nSPS) is 11.6. The number of allylic oxidation sites excluding steroid dienone is 4. The molecular weight excluding hydrogens is 236 g/mol. The first-order valence-corrected chi connectivity index (χ1v) is 7.79. The number of carboxylic acid groups (broad SMARTS) is 1. The van der Waals surface area contributed by atoms with Gasteiger partial charge in [-0.3, -0.25) is 4.79 Å². The molecule has 0 aliphatic heterocycles. The van der Waals surface area contributed by atoms with E-state index in [1.165, 1.54) is 38.5 Å². The fourth-order valence-electron chi connectivity index (χ4n) is 1.91. The van der Waals surface area contributed by atoms with Crippen molar-refractivity contribution in [2.75, 3.05) is 0 Å². The van der Waals surface area contributed by atoms with E-state index in [1.54, 1.807) is 0 Å². The maximum absolute atomic E-state index is 10.3. The zero-order valence-electron chi connectivity index (χ0n) is 12.4. The third-order valence-corrected chi connectivity index (χ3v) is 3.09. The molecule has 0 aromatic heterocycles. The lowest BCUT2D eigenvalue weighted by atomic mass is 10.1. The van der Waals surface area contributed by atoms with Gasteiger partial charge in [-0.25, -0.2) is 0 Å². The van der Waals surface area contributed by atoms with Crippen LogP contribution in [0.1, 0.15) is 77.6 Å². The quantitative estimate of drug-likeness (QED) is 0.353. The van der Waals surface area contributed by atoms with Gasteiger partial charge in [-0.05, 0) is 38.5 Å². The van der Waals surface area contributed by atoms with Crippen LogP contribution >= 0.6 is 0 Å². The predicted octanol–water partition coefficient (Wildman–Crippen LogP) is 5.49. The van der Waals surface area contributed by atoms with Gasteiger partial charge in [0.25, 0.3) is 0 Å². The molecule has 2 heteroatoms. The van der Waals surface area contributed by atoms with Crippen molar-refractivity contribution in [3.05, 3.63) is 24.3 Å². The third kappa shape index (κ3) is 16.9. The van der Waals surface area contributed by atoms with E-state index < -0.39 is 5.97 Å². The molecule has 0 rings (SSSR count). The van der Waals surface area contributed by atoms with E-state index in [-0.39, 0.29) is 0 Å². The summed E-state index contributed by atoms with van der Waals surface area (Å²) in [6.45, 7) is 2.24. The number of carbonyl (C=O) groups is 1. The number of unbranched alkanes of at least 4 members (excludes halogenated alkanes) is 7. The van der Waals surface area contributed by atoms with Gasteiger partial charge in [0.1, 0.15) is 0 Å². The van der Waals surface area contributed by atoms with E-state index in [2.05, 4.69) is 31.2 Å². The molecule has 0 saturated carbocycles. The van der Waals surface area contributed by atoms with E-state index in [0.717, 1.165) is 25.7 Å². The summed E-state index contributed by atoms with van der Waals surface area (Å²) in [5.41, 5.74) is 0. The molecule has 0 heterocycles. The van der Waals surface area contributed by atoms with Gasteiger partial charge in [0.15, 0.2) is 0 Å². The number of carboxylic acids is 1. The van der Waals surface area contributed by atoms with Crippen molar-refractivity contribution in [3.8, 4) is 0 Å². The molecule has 0 unspecified atom stereocenters. The van der Waals surface area contributed by atoms with Crippen LogP contribution in [-0.2, 0) is 4.79 Å². The average Bonchev–Trinajstić information content (AvgIpc) is 2.39. The highest BCUT2D eigenvalue weighted by Gasteiger charge is 1.93. The van der Waals surface area contributed by atoms with Crippen molar-refractivity contribution in [1.29, 1.82) is 0 Å². The van der Waals surface area contributed by atoms with Crippen LogP contribution < -0.4 is 0 Å². The number of aliphatic carboxylic acids is 1. The summed E-state index contributed by atoms with van der Waals surface area (Å²) in [7, 11) is 0. The summed E-state index contributed by atoms with van der Waals surface area (Å²) >= 11 is 0. The number of hydrogen-bond donors (Lipinski definition) is 1. The Balaban J connectivity index is 3.21. The van der Waals surface area contributed by atoms with Gasteiger partial charge in [-0.2, -0.15) is 0 Å². The molecule has 1 N–H and O–H groups in total. The maximum atomic E-state index is 10.3. The van der Waals surface area contributed by atoms with Gasteiger partial charge >= 0.3 is 5.97 Å². The van der Waals surface area contributed by atoms with Crippen LogP contribution in [0.15, 0.2) is 24.3 Å². The zero-order valence-corrected chi connectivity index (χ0v) is 12.4. The van der Waals surface area contributed by atoms with Crippen LogP contribution in [0.3, 0.4) is 0 Å². The smallest absolute Gasteiger partial charge is 0.303 e. The molecule has 0 amide bonds. The Bertz CT molecular complexity index is 254. The molecule has 0 radical (unpaired) electrons. The lowest BCUT2D eigenvalue weighted by Crippen LogP contribution is -1.92. The Labute approximate surface area is 118 Å². The molecule has 110 valence electrons. The van der Waals surface area contributed by atoms with Crippen LogP contribution in [0.5, 0.6) is 0 Å². The summed E-state index contributed by atoms with van der Waals surface area (Å²) in [6.07, 6.45) is 20.8. The van der Waals surface area contributed by atoms with Gasteiger partial charge in [-0.15, -0.1) is 0 Å². The number of hydrogen-bond acceptors (Lipinski definition) is 1. The summed E-state index contributed by atoms with van der Waals surface area (Å²) in [5, 5.41) is 8.48. The molecule has 0 fully saturated rings. The van der Waals surface area contributed by atoms with Crippen LogP contribution in [0.25, 0.3) is 0 Å². The SMILES string of the molecule is CCCCCCC/C=C\C/C=C\CCCCC(=O)O. The molecule has 0 aliphatic carbocycles. The largest absolute Gasteiger partial charge is 0.481 e. The molecule has 0 bridgehead atoms. The number of rotatable bonds is 13. The van der Waals surface area contributed by atoms with Gasteiger partial charge in [0.05, 0.1) is 0 Å². The van der Waals surface area contributed by atoms with Crippen molar-refractivity contribution < 1.29 is 9.90 Å². The highest BCUT2D eigenvalue weighted by Crippen LogP contribution is 2.06. The lowest BCUT2D eigenvalue weighted by Gasteiger charge is -1.95. The molecule has 0 spiro atoms. The third-order valence-electron chi connectivity index (χ3n) is 3.09. The van der Waals surface area contributed by atoms with Gasteiger partial charge in [-0.1, -0.05) is 56.9 Å². The summed E-state index contributed by atoms with van der Waals surface area (Å²) in [5.74, 6) is -0.689. The average molecular weight is 266 g/mol. The fourth-order valence-corrected chi connectivity index (χ4v) is 1.91. The molecule has 0 saturated heterocycles. The maximum Gasteiger partial charge on any atom is 0.303 e. The first kappa shape index (κ1) is 17.9. The molecule has 2 nitrogen and oxygen atoms in total. The molecule has 0 aliphatic rings. The topological polar surface area (TPSA) is 37.3 Å². The standard InChI is InChI=1S/C17H30O2/c1-2-3-4-5-6-7-8-9-10-11-12-13-14-15-16-17(18)19/h8-9,11-12H,2-7,10,13-16H2,1H3,(H,18,19)/b9-8-,12-11-. The van der Waals surface area contributed by atoms with Gasteiger partial charge in [0.2, 0.25) is 0 Å². The Hall–Kier alpha value is -1.05. The van der Waals surface area contributed by atoms with Crippen molar-refractivity contribution in [2.45, 2.75) is 77.6 Å². The molecule has 0 aromatic carbocycles. The summed E-state index contributed by atoms with van der Waals surface area (Å²) in [6, 6.07) is 0. The van der Waals surface area contributed by atoms with Crippen LogP contribution in [-0.4, -0.2) is 11.1 Å². The minimum absolute atomic E-state index is 0.297. The zero-order chi connectivity index (χ0) is 14.2. The predicted molar refractivity (Wildman–Crippen MR) is 82.4 cm³/mol. The Morgan fingerprint density at radius 1 is 0.842 bits per heavy atom.